The maximum atomic E-state index is 11.9. The largest absolute Gasteiger partial charge is 0.595 e. The van der Waals surface area contributed by atoms with Crippen LogP contribution in [0.25, 0.3) is 0 Å². The predicted molar refractivity (Wildman–Crippen MR) is 84.1 cm³/mol. The van der Waals surface area contributed by atoms with Crippen LogP contribution in [0.2, 0.25) is 0 Å². The molecule has 8 nitrogen and oxygen atoms in total. The average molecular weight is 317 g/mol. The summed E-state index contributed by atoms with van der Waals surface area (Å²) in [6.45, 7) is 2.82. The standard InChI is InChI=1S/C15H19N5O3/c1-10-8-17-18-20(23)15(10)11-2-4-12(5-3-11)16-9-19-13(21)6-7-14(19)22/h2-5,10,16-18H,6-9H2,1H3. The van der Waals surface area contributed by atoms with Gasteiger partial charge in [-0.2, -0.15) is 5.43 Å². The molecule has 0 radical (unpaired) electrons. The molecule has 8 heteroatoms. The lowest BCUT2D eigenvalue weighted by Gasteiger charge is -2.22. The molecule has 2 aliphatic rings. The number of imide groups is 1. The lowest BCUT2D eigenvalue weighted by Crippen LogP contribution is -2.51. The Morgan fingerprint density at radius 3 is 2.52 bits per heavy atom. The van der Waals surface area contributed by atoms with E-state index in [4.69, 9.17) is 0 Å². The van der Waals surface area contributed by atoms with Crippen LogP contribution in [0.4, 0.5) is 5.69 Å². The zero-order valence-electron chi connectivity index (χ0n) is 12.8. The van der Waals surface area contributed by atoms with Crippen LogP contribution in [0.15, 0.2) is 24.3 Å². The molecule has 3 N–H and O–H groups in total. The predicted octanol–water partition coefficient (Wildman–Crippen LogP) is 0.163. The summed E-state index contributed by atoms with van der Waals surface area (Å²) < 4.78 is 0. The van der Waals surface area contributed by atoms with Crippen LogP contribution in [0.5, 0.6) is 0 Å². The smallest absolute Gasteiger partial charge is 0.231 e. The van der Waals surface area contributed by atoms with Crippen molar-refractivity contribution in [2.24, 2.45) is 5.92 Å². The van der Waals surface area contributed by atoms with Gasteiger partial charge in [0, 0.05) is 30.6 Å². The molecule has 1 unspecified atom stereocenters. The van der Waals surface area contributed by atoms with E-state index in [0.717, 1.165) is 16.1 Å². The van der Waals surface area contributed by atoms with Gasteiger partial charge in [-0.1, -0.05) is 11.8 Å². The number of nitrogens with one attached hydrogen (secondary N) is 3. The number of anilines is 1. The third kappa shape index (κ3) is 3.11. The Hall–Kier alpha value is -2.61. The molecule has 2 aliphatic heterocycles. The second kappa shape index (κ2) is 6.25. The van der Waals surface area contributed by atoms with Gasteiger partial charge in [-0.25, -0.2) is 0 Å². The minimum Gasteiger partial charge on any atom is -0.595 e. The fourth-order valence-corrected chi connectivity index (χ4v) is 2.76. The summed E-state index contributed by atoms with van der Waals surface area (Å²) in [5, 5.41) is 14.9. The van der Waals surface area contributed by atoms with Crippen molar-refractivity contribution in [2.75, 3.05) is 18.5 Å². The Morgan fingerprint density at radius 1 is 1.26 bits per heavy atom. The number of rotatable bonds is 4. The SMILES string of the molecule is CC1CNN[N+]([O-])=C1c1ccc(NCN2C(=O)CCC2=O)cc1. The quantitative estimate of drug-likeness (QED) is 0.416. The van der Waals surface area contributed by atoms with E-state index in [1.165, 1.54) is 4.90 Å². The number of hydrogen-bond donors (Lipinski definition) is 3. The second-order valence-corrected chi connectivity index (χ2v) is 5.70. The molecule has 2 amide bonds. The van der Waals surface area contributed by atoms with Crippen molar-refractivity contribution < 1.29 is 14.4 Å². The Bertz CT molecular complexity index is 640. The highest BCUT2D eigenvalue weighted by Crippen LogP contribution is 2.16. The first-order valence-corrected chi connectivity index (χ1v) is 7.56. The Balaban J connectivity index is 1.68. The van der Waals surface area contributed by atoms with Gasteiger partial charge < -0.3 is 10.5 Å². The molecule has 1 fully saturated rings. The van der Waals surface area contributed by atoms with E-state index in [9.17, 15) is 14.8 Å². The van der Waals surface area contributed by atoms with Crippen molar-refractivity contribution >= 4 is 23.2 Å². The van der Waals surface area contributed by atoms with Crippen molar-refractivity contribution in [3.05, 3.63) is 35.0 Å². The molecule has 0 aromatic heterocycles. The van der Waals surface area contributed by atoms with Crippen LogP contribution < -0.4 is 16.3 Å². The van der Waals surface area contributed by atoms with Crippen molar-refractivity contribution in [1.29, 1.82) is 0 Å². The van der Waals surface area contributed by atoms with Crippen molar-refractivity contribution in [2.45, 2.75) is 19.8 Å². The number of hydrazone groups is 1. The van der Waals surface area contributed by atoms with Crippen LogP contribution in [-0.4, -0.2) is 40.5 Å². The molecule has 1 aromatic rings. The highest BCUT2D eigenvalue weighted by Gasteiger charge is 2.28. The molecule has 0 spiro atoms. The van der Waals surface area contributed by atoms with Crippen LogP contribution in [0.3, 0.4) is 0 Å². The van der Waals surface area contributed by atoms with Crippen molar-refractivity contribution in [1.82, 2.24) is 15.9 Å². The number of nitrogens with zero attached hydrogens (tertiary/aromatic N) is 2. The van der Waals surface area contributed by atoms with E-state index in [1.807, 2.05) is 31.2 Å². The Labute approximate surface area is 133 Å². The van der Waals surface area contributed by atoms with E-state index in [0.29, 0.717) is 12.3 Å². The number of amides is 2. The van der Waals surface area contributed by atoms with Gasteiger partial charge in [0.05, 0.1) is 12.6 Å². The Morgan fingerprint density at radius 2 is 1.91 bits per heavy atom. The molecule has 0 saturated carbocycles. The summed E-state index contributed by atoms with van der Waals surface area (Å²) in [6, 6.07) is 7.35. The number of benzene rings is 1. The first-order valence-electron chi connectivity index (χ1n) is 7.56. The summed E-state index contributed by atoms with van der Waals surface area (Å²) >= 11 is 0. The fourth-order valence-electron chi connectivity index (χ4n) is 2.76. The summed E-state index contributed by atoms with van der Waals surface area (Å²) in [4.78, 5) is 25.1. The first-order chi connectivity index (χ1) is 11.1. The summed E-state index contributed by atoms with van der Waals surface area (Å²) in [7, 11) is 0. The lowest BCUT2D eigenvalue weighted by molar-refractivity contribution is -0.541. The van der Waals surface area contributed by atoms with E-state index < -0.39 is 0 Å². The highest BCUT2D eigenvalue weighted by molar-refractivity contribution is 6.02. The molecular formula is C15H19N5O3. The van der Waals surface area contributed by atoms with E-state index in [1.54, 1.807) is 0 Å². The third-order valence-corrected chi connectivity index (χ3v) is 4.05. The summed E-state index contributed by atoms with van der Waals surface area (Å²) in [6.07, 6.45) is 0.575. The minimum atomic E-state index is -0.147. The van der Waals surface area contributed by atoms with Gasteiger partial charge in [0.1, 0.15) is 0 Å². The molecule has 1 atom stereocenters. The summed E-state index contributed by atoms with van der Waals surface area (Å²) in [5.74, 6) is -0.204. The lowest BCUT2D eigenvalue weighted by atomic mass is 9.98. The minimum absolute atomic E-state index is 0.0902. The monoisotopic (exact) mass is 317 g/mol. The zero-order valence-corrected chi connectivity index (χ0v) is 12.8. The van der Waals surface area contributed by atoms with Gasteiger partial charge in [0.25, 0.3) is 0 Å². The number of hydrogen-bond acceptors (Lipinski definition) is 6. The highest BCUT2D eigenvalue weighted by atomic mass is 16.5. The van der Waals surface area contributed by atoms with Crippen molar-refractivity contribution in [3.63, 3.8) is 0 Å². The molecule has 1 aromatic carbocycles. The fraction of sp³-hybridized carbons (Fsp3) is 0.400. The van der Waals surface area contributed by atoms with Gasteiger partial charge in [-0.15, -0.1) is 5.53 Å². The van der Waals surface area contributed by atoms with E-state index in [-0.39, 0.29) is 37.2 Å². The molecule has 3 rings (SSSR count). The molecule has 0 aliphatic carbocycles. The number of carbonyl (C=O) groups is 2. The number of hydrazine groups is 2. The van der Waals surface area contributed by atoms with Gasteiger partial charge in [0.2, 0.25) is 17.5 Å². The van der Waals surface area contributed by atoms with E-state index >= 15 is 0 Å². The topological polar surface area (TPSA) is 99.5 Å². The average Bonchev–Trinajstić information content (AvgIpc) is 2.85. The molecule has 2 heterocycles. The van der Waals surface area contributed by atoms with Gasteiger partial charge in [0.15, 0.2) is 0 Å². The Kier molecular flexibility index (Phi) is 4.16. The van der Waals surface area contributed by atoms with Gasteiger partial charge >= 0.3 is 0 Å². The van der Waals surface area contributed by atoms with Gasteiger partial charge in [-0.3, -0.25) is 14.5 Å². The summed E-state index contributed by atoms with van der Waals surface area (Å²) in [5.41, 5.74) is 7.64. The molecule has 122 valence electrons. The molecule has 23 heavy (non-hydrogen) atoms. The van der Waals surface area contributed by atoms with E-state index in [2.05, 4.69) is 16.3 Å². The molecule has 0 bridgehead atoms. The maximum Gasteiger partial charge on any atom is 0.231 e. The molecular weight excluding hydrogens is 298 g/mol. The van der Waals surface area contributed by atoms with Gasteiger partial charge in [-0.05, 0) is 24.3 Å². The van der Waals surface area contributed by atoms with Crippen molar-refractivity contribution in [3.8, 4) is 0 Å². The normalized spacial score (nSPS) is 21.6. The zero-order chi connectivity index (χ0) is 16.4. The number of likely N-dealkylation sites (tertiary alicyclic amines) is 1. The third-order valence-electron chi connectivity index (χ3n) is 4.05. The van der Waals surface area contributed by atoms with Crippen LogP contribution >= 0.6 is 0 Å². The number of carbonyl (C=O) groups excluding carboxylic acids is 2. The van der Waals surface area contributed by atoms with Crippen LogP contribution in [-0.2, 0) is 9.59 Å². The first kappa shape index (κ1) is 15.3. The maximum absolute atomic E-state index is 11.9. The second-order valence-electron chi connectivity index (χ2n) is 5.70. The molecule has 1 saturated heterocycles. The van der Waals surface area contributed by atoms with Crippen LogP contribution in [0, 0.1) is 11.1 Å². The van der Waals surface area contributed by atoms with Crippen LogP contribution in [0.1, 0.15) is 25.3 Å².